The molecule has 2 bridgehead atoms. The number of sulfonamides is 1. The van der Waals surface area contributed by atoms with E-state index in [-0.39, 0.29) is 0 Å². The van der Waals surface area contributed by atoms with E-state index in [0.717, 1.165) is 45.6 Å². The van der Waals surface area contributed by atoms with Crippen molar-refractivity contribution in [1.82, 2.24) is 14.5 Å². The van der Waals surface area contributed by atoms with E-state index in [1.165, 1.54) is 17.5 Å². The standard InChI is InChI=1S/C24H31N3O2S/c28-30(29,24-8-2-1-3-9-24)25-15-23-14-20-11-13-27(23)18-22(20)17-26-12-10-19-6-4-5-7-21(19)16-26/h1-9,20,22-23,25H,10-18H2. The second kappa shape index (κ2) is 8.42. The molecule has 4 heterocycles. The highest BCUT2D eigenvalue weighted by Crippen LogP contribution is 2.37. The first-order chi connectivity index (χ1) is 14.6. The summed E-state index contributed by atoms with van der Waals surface area (Å²) in [6.07, 6.45) is 3.50. The van der Waals surface area contributed by atoms with Crippen LogP contribution in [0.4, 0.5) is 0 Å². The molecule has 3 saturated heterocycles. The number of hydrogen-bond donors (Lipinski definition) is 1. The third-order valence-corrected chi connectivity index (χ3v) is 8.72. The monoisotopic (exact) mass is 425 g/mol. The summed E-state index contributed by atoms with van der Waals surface area (Å²) >= 11 is 0. The van der Waals surface area contributed by atoms with Gasteiger partial charge in [-0.1, -0.05) is 42.5 Å². The van der Waals surface area contributed by atoms with Gasteiger partial charge in [-0.15, -0.1) is 0 Å². The minimum atomic E-state index is -3.43. The van der Waals surface area contributed by atoms with Crippen LogP contribution in [-0.4, -0.2) is 57.0 Å². The minimum Gasteiger partial charge on any atom is -0.299 e. The van der Waals surface area contributed by atoms with E-state index in [0.29, 0.717) is 29.3 Å². The van der Waals surface area contributed by atoms with Gasteiger partial charge < -0.3 is 0 Å². The number of benzene rings is 2. The van der Waals surface area contributed by atoms with Crippen molar-refractivity contribution in [2.24, 2.45) is 11.8 Å². The normalized spacial score (nSPS) is 28.9. The molecule has 3 fully saturated rings. The number of fused-ring (bicyclic) bond motifs is 4. The molecule has 0 amide bonds. The van der Waals surface area contributed by atoms with Gasteiger partial charge in [0, 0.05) is 38.8 Å². The number of nitrogens with zero attached hydrogens (tertiary/aromatic N) is 2. The molecule has 1 N–H and O–H groups in total. The maximum Gasteiger partial charge on any atom is 0.240 e. The smallest absolute Gasteiger partial charge is 0.240 e. The van der Waals surface area contributed by atoms with Gasteiger partial charge in [0.1, 0.15) is 0 Å². The topological polar surface area (TPSA) is 52.7 Å². The van der Waals surface area contributed by atoms with Crippen molar-refractivity contribution in [2.45, 2.75) is 36.7 Å². The molecule has 160 valence electrons. The Morgan fingerprint density at radius 1 is 0.967 bits per heavy atom. The first kappa shape index (κ1) is 20.2. The largest absolute Gasteiger partial charge is 0.299 e. The molecule has 0 saturated carbocycles. The second-order valence-corrected chi connectivity index (χ2v) is 10.9. The van der Waals surface area contributed by atoms with E-state index in [1.54, 1.807) is 24.3 Å². The van der Waals surface area contributed by atoms with Crippen molar-refractivity contribution >= 4 is 10.0 Å². The van der Waals surface area contributed by atoms with Gasteiger partial charge in [-0.25, -0.2) is 13.1 Å². The van der Waals surface area contributed by atoms with Crippen molar-refractivity contribution in [3.63, 3.8) is 0 Å². The quantitative estimate of drug-likeness (QED) is 0.773. The number of hydrogen-bond acceptors (Lipinski definition) is 4. The Morgan fingerprint density at radius 2 is 1.73 bits per heavy atom. The number of piperidine rings is 3. The molecule has 5 nitrogen and oxygen atoms in total. The minimum absolute atomic E-state index is 0.320. The van der Waals surface area contributed by atoms with Crippen LogP contribution in [0.25, 0.3) is 0 Å². The summed E-state index contributed by atoms with van der Waals surface area (Å²) in [5.74, 6) is 1.41. The first-order valence-corrected chi connectivity index (χ1v) is 12.6. The first-order valence-electron chi connectivity index (χ1n) is 11.2. The Balaban J connectivity index is 1.17. The van der Waals surface area contributed by atoms with Gasteiger partial charge in [0.15, 0.2) is 0 Å². The van der Waals surface area contributed by atoms with Gasteiger partial charge in [-0.2, -0.15) is 0 Å². The molecule has 4 aliphatic heterocycles. The van der Waals surface area contributed by atoms with Gasteiger partial charge in [0.25, 0.3) is 0 Å². The molecule has 2 aromatic carbocycles. The fourth-order valence-electron chi connectivity index (χ4n) is 5.60. The van der Waals surface area contributed by atoms with Crippen molar-refractivity contribution in [3.05, 3.63) is 65.7 Å². The van der Waals surface area contributed by atoms with Crippen LogP contribution in [0, 0.1) is 11.8 Å². The molecule has 6 heteroatoms. The lowest BCUT2D eigenvalue weighted by molar-refractivity contribution is -0.0118. The van der Waals surface area contributed by atoms with Crippen molar-refractivity contribution < 1.29 is 8.42 Å². The van der Waals surface area contributed by atoms with Crippen molar-refractivity contribution in [2.75, 3.05) is 32.7 Å². The zero-order chi connectivity index (χ0) is 20.6. The molecule has 0 aromatic heterocycles. The Hall–Kier alpha value is -1.73. The molecule has 2 aromatic rings. The van der Waals surface area contributed by atoms with Gasteiger partial charge >= 0.3 is 0 Å². The van der Waals surface area contributed by atoms with Crippen LogP contribution in [-0.2, 0) is 23.0 Å². The predicted octanol–water partition coefficient (Wildman–Crippen LogP) is 2.73. The fourth-order valence-corrected chi connectivity index (χ4v) is 6.69. The molecule has 30 heavy (non-hydrogen) atoms. The van der Waals surface area contributed by atoms with Crippen molar-refractivity contribution in [1.29, 1.82) is 0 Å². The maximum atomic E-state index is 12.6. The van der Waals surface area contributed by atoms with Crippen LogP contribution in [0.1, 0.15) is 24.0 Å². The average Bonchev–Trinajstić information content (AvgIpc) is 2.79. The summed E-state index contributed by atoms with van der Waals surface area (Å²) in [6.45, 7) is 6.10. The van der Waals surface area contributed by atoms with E-state index in [4.69, 9.17) is 0 Å². The van der Waals surface area contributed by atoms with Crippen LogP contribution in [0.2, 0.25) is 0 Å². The Labute approximate surface area is 180 Å². The molecule has 4 aliphatic rings. The third-order valence-electron chi connectivity index (χ3n) is 7.28. The highest BCUT2D eigenvalue weighted by Gasteiger charge is 2.41. The lowest BCUT2D eigenvalue weighted by atomic mass is 9.75. The Kier molecular flexibility index (Phi) is 5.67. The predicted molar refractivity (Wildman–Crippen MR) is 119 cm³/mol. The molecule has 4 unspecified atom stereocenters. The van der Waals surface area contributed by atoms with Crippen LogP contribution in [0.3, 0.4) is 0 Å². The summed E-state index contributed by atoms with van der Waals surface area (Å²) in [5.41, 5.74) is 2.99. The SMILES string of the molecule is O=S(=O)(NCC1CC2CCN1CC2CN1CCc2ccccc2C1)c1ccccc1. The van der Waals surface area contributed by atoms with E-state index in [2.05, 4.69) is 38.8 Å². The van der Waals surface area contributed by atoms with E-state index >= 15 is 0 Å². The Bertz CT molecular complexity index is 979. The van der Waals surface area contributed by atoms with Gasteiger partial charge in [0.2, 0.25) is 10.0 Å². The lowest BCUT2D eigenvalue weighted by Crippen LogP contribution is -2.58. The molecular weight excluding hydrogens is 394 g/mol. The molecule has 0 radical (unpaired) electrons. The van der Waals surface area contributed by atoms with Gasteiger partial charge in [-0.3, -0.25) is 9.80 Å². The van der Waals surface area contributed by atoms with Crippen LogP contribution < -0.4 is 4.72 Å². The highest BCUT2D eigenvalue weighted by molar-refractivity contribution is 7.89. The number of nitrogens with one attached hydrogen (secondary N) is 1. The Morgan fingerprint density at radius 3 is 2.50 bits per heavy atom. The molecule has 6 rings (SSSR count). The third kappa shape index (κ3) is 4.19. The summed E-state index contributed by atoms with van der Waals surface area (Å²) in [7, 11) is -3.43. The zero-order valence-corrected chi connectivity index (χ0v) is 18.2. The summed E-state index contributed by atoms with van der Waals surface area (Å²) in [5, 5.41) is 0. The van der Waals surface area contributed by atoms with Gasteiger partial charge in [-0.05, 0) is 60.9 Å². The zero-order valence-electron chi connectivity index (χ0n) is 17.4. The van der Waals surface area contributed by atoms with Crippen LogP contribution in [0.15, 0.2) is 59.5 Å². The van der Waals surface area contributed by atoms with E-state index in [9.17, 15) is 8.42 Å². The summed E-state index contributed by atoms with van der Waals surface area (Å²) < 4.78 is 28.0. The summed E-state index contributed by atoms with van der Waals surface area (Å²) in [4.78, 5) is 5.50. The van der Waals surface area contributed by atoms with E-state index in [1.807, 2.05) is 6.07 Å². The van der Waals surface area contributed by atoms with Crippen LogP contribution in [0.5, 0.6) is 0 Å². The molecule has 0 aliphatic carbocycles. The van der Waals surface area contributed by atoms with E-state index < -0.39 is 10.0 Å². The molecule has 4 atom stereocenters. The second-order valence-electron chi connectivity index (χ2n) is 9.11. The lowest BCUT2D eigenvalue weighted by Gasteiger charge is -2.51. The average molecular weight is 426 g/mol. The molecular formula is C24H31N3O2S. The summed E-state index contributed by atoms with van der Waals surface area (Å²) in [6, 6.07) is 17.8. The number of rotatable bonds is 6. The van der Waals surface area contributed by atoms with Crippen LogP contribution >= 0.6 is 0 Å². The highest BCUT2D eigenvalue weighted by atomic mass is 32.2. The fraction of sp³-hybridized carbons (Fsp3) is 0.500. The molecule has 0 spiro atoms. The maximum absolute atomic E-state index is 12.6. The van der Waals surface area contributed by atoms with Gasteiger partial charge in [0.05, 0.1) is 4.90 Å². The van der Waals surface area contributed by atoms with Crippen molar-refractivity contribution in [3.8, 4) is 0 Å².